The van der Waals surface area contributed by atoms with Crippen molar-refractivity contribution in [3.05, 3.63) is 95.7 Å². The van der Waals surface area contributed by atoms with Gasteiger partial charge in [-0.05, 0) is 35.4 Å². The number of hydrogen-bond acceptors (Lipinski definition) is 5. The molecule has 1 N–H and O–H groups in total. The van der Waals surface area contributed by atoms with Gasteiger partial charge in [-0.1, -0.05) is 54.6 Å². The van der Waals surface area contributed by atoms with Gasteiger partial charge in [0.15, 0.2) is 0 Å². The molecule has 2 amide bonds. The summed E-state index contributed by atoms with van der Waals surface area (Å²) in [6.45, 7) is 0.190. The number of carbonyl (C=O) groups is 2. The van der Waals surface area contributed by atoms with E-state index in [0.29, 0.717) is 28.3 Å². The van der Waals surface area contributed by atoms with Crippen molar-refractivity contribution in [3.63, 3.8) is 0 Å². The van der Waals surface area contributed by atoms with Crippen LogP contribution in [0.25, 0.3) is 5.57 Å². The second-order valence-electron chi connectivity index (χ2n) is 6.99. The monoisotopic (exact) mass is 414 g/mol. The molecule has 6 nitrogen and oxygen atoms in total. The number of nitrogens with one attached hydrogen (secondary N) is 1. The van der Waals surface area contributed by atoms with Gasteiger partial charge in [-0.2, -0.15) is 0 Å². The average molecular weight is 414 g/mol. The number of ether oxygens (including phenoxy) is 2. The molecule has 3 aromatic carbocycles. The van der Waals surface area contributed by atoms with E-state index in [0.717, 1.165) is 5.56 Å². The number of imide groups is 1. The summed E-state index contributed by atoms with van der Waals surface area (Å²) in [5, 5.41) is 3.14. The molecule has 0 bridgehead atoms. The molecule has 0 aliphatic carbocycles. The molecule has 156 valence electrons. The average Bonchev–Trinajstić information content (AvgIpc) is 3.04. The van der Waals surface area contributed by atoms with Crippen LogP contribution in [0.3, 0.4) is 0 Å². The normalized spacial score (nSPS) is 13.5. The van der Waals surface area contributed by atoms with E-state index in [1.165, 1.54) is 4.90 Å². The summed E-state index contributed by atoms with van der Waals surface area (Å²) in [5.41, 5.74) is 2.64. The lowest BCUT2D eigenvalue weighted by molar-refractivity contribution is -0.137. The van der Waals surface area contributed by atoms with Crippen molar-refractivity contribution < 1.29 is 19.1 Å². The Balaban J connectivity index is 1.76. The van der Waals surface area contributed by atoms with Crippen LogP contribution >= 0.6 is 0 Å². The predicted octanol–water partition coefficient (Wildman–Crippen LogP) is 4.10. The zero-order valence-electron chi connectivity index (χ0n) is 17.3. The summed E-state index contributed by atoms with van der Waals surface area (Å²) in [6, 6.07) is 23.8. The van der Waals surface area contributed by atoms with E-state index in [4.69, 9.17) is 9.47 Å². The zero-order valence-corrected chi connectivity index (χ0v) is 17.3. The van der Waals surface area contributed by atoms with E-state index < -0.39 is 0 Å². The van der Waals surface area contributed by atoms with E-state index in [-0.39, 0.29) is 24.1 Å². The lowest BCUT2D eigenvalue weighted by atomic mass is 10.0. The molecule has 0 atom stereocenters. The quantitative estimate of drug-likeness (QED) is 0.590. The molecule has 6 heteroatoms. The summed E-state index contributed by atoms with van der Waals surface area (Å²) < 4.78 is 10.6. The number of para-hydroxylation sites is 2. The molecule has 0 radical (unpaired) electrons. The van der Waals surface area contributed by atoms with Crippen LogP contribution in [-0.4, -0.2) is 30.9 Å². The van der Waals surface area contributed by atoms with E-state index in [2.05, 4.69) is 5.32 Å². The number of carbonyl (C=O) groups excluding carboxylic acids is 2. The van der Waals surface area contributed by atoms with Crippen molar-refractivity contribution in [2.75, 3.05) is 19.5 Å². The standard InChI is InChI=1S/C25H22N2O4/c1-30-19-14-12-18(13-15-19)22-23(26-20-10-6-7-11-21(20)31-2)25(29)27(24(22)28)16-17-8-4-3-5-9-17/h3-15,26H,16H2,1-2H3. The Kier molecular flexibility index (Phi) is 5.71. The van der Waals surface area contributed by atoms with E-state index in [9.17, 15) is 9.59 Å². The van der Waals surface area contributed by atoms with Gasteiger partial charge >= 0.3 is 0 Å². The zero-order chi connectivity index (χ0) is 21.8. The first kappa shape index (κ1) is 20.2. The summed E-state index contributed by atoms with van der Waals surface area (Å²) in [5.74, 6) is 0.509. The van der Waals surface area contributed by atoms with Crippen LogP contribution < -0.4 is 14.8 Å². The number of benzene rings is 3. The molecule has 31 heavy (non-hydrogen) atoms. The number of amides is 2. The number of nitrogens with zero attached hydrogens (tertiary/aromatic N) is 1. The molecular formula is C25H22N2O4. The topological polar surface area (TPSA) is 67.9 Å². The minimum absolute atomic E-state index is 0.190. The lowest BCUT2D eigenvalue weighted by Gasteiger charge is -2.16. The van der Waals surface area contributed by atoms with Gasteiger partial charge in [0.25, 0.3) is 11.8 Å². The van der Waals surface area contributed by atoms with Crippen LogP contribution in [0.5, 0.6) is 11.5 Å². The van der Waals surface area contributed by atoms with Crippen LogP contribution in [0, 0.1) is 0 Å². The van der Waals surface area contributed by atoms with Crippen LogP contribution in [0.15, 0.2) is 84.6 Å². The lowest BCUT2D eigenvalue weighted by Crippen LogP contribution is -2.32. The van der Waals surface area contributed by atoms with Gasteiger partial charge < -0.3 is 14.8 Å². The molecule has 0 spiro atoms. The Labute approximate surface area is 180 Å². The Morgan fingerprint density at radius 3 is 2.13 bits per heavy atom. The highest BCUT2D eigenvalue weighted by Crippen LogP contribution is 2.34. The molecule has 3 aromatic rings. The number of methoxy groups -OCH3 is 2. The molecule has 1 heterocycles. The van der Waals surface area contributed by atoms with Crippen molar-refractivity contribution in [1.82, 2.24) is 4.90 Å². The third-order valence-corrected chi connectivity index (χ3v) is 5.10. The van der Waals surface area contributed by atoms with Gasteiger partial charge in [-0.3, -0.25) is 14.5 Å². The first-order chi connectivity index (χ1) is 15.1. The van der Waals surface area contributed by atoms with Crippen LogP contribution in [0.4, 0.5) is 5.69 Å². The van der Waals surface area contributed by atoms with Crippen molar-refractivity contribution >= 4 is 23.1 Å². The van der Waals surface area contributed by atoms with Gasteiger partial charge in [0.2, 0.25) is 0 Å². The highest BCUT2D eigenvalue weighted by molar-refractivity contribution is 6.36. The van der Waals surface area contributed by atoms with Crippen LogP contribution in [-0.2, 0) is 16.1 Å². The fraction of sp³-hybridized carbons (Fsp3) is 0.120. The van der Waals surface area contributed by atoms with Crippen LogP contribution in [0.1, 0.15) is 11.1 Å². The maximum atomic E-state index is 13.4. The van der Waals surface area contributed by atoms with Crippen LogP contribution in [0.2, 0.25) is 0 Å². The highest BCUT2D eigenvalue weighted by atomic mass is 16.5. The maximum absolute atomic E-state index is 13.4. The Morgan fingerprint density at radius 1 is 0.774 bits per heavy atom. The first-order valence-corrected chi connectivity index (χ1v) is 9.81. The summed E-state index contributed by atoms with van der Waals surface area (Å²) >= 11 is 0. The summed E-state index contributed by atoms with van der Waals surface area (Å²) in [6.07, 6.45) is 0. The van der Waals surface area contributed by atoms with Crippen molar-refractivity contribution in [2.45, 2.75) is 6.54 Å². The fourth-order valence-electron chi connectivity index (χ4n) is 3.51. The third-order valence-electron chi connectivity index (χ3n) is 5.10. The number of hydrogen-bond donors (Lipinski definition) is 1. The van der Waals surface area contributed by atoms with Gasteiger partial charge in [-0.25, -0.2) is 0 Å². The Bertz CT molecular complexity index is 1140. The molecule has 4 rings (SSSR count). The fourth-order valence-corrected chi connectivity index (χ4v) is 3.51. The number of anilines is 1. The molecule has 0 aromatic heterocycles. The van der Waals surface area contributed by atoms with Gasteiger partial charge in [0.05, 0.1) is 32.0 Å². The molecular weight excluding hydrogens is 392 g/mol. The Morgan fingerprint density at radius 2 is 1.45 bits per heavy atom. The minimum Gasteiger partial charge on any atom is -0.497 e. The molecule has 0 unspecified atom stereocenters. The van der Waals surface area contributed by atoms with E-state index >= 15 is 0 Å². The smallest absolute Gasteiger partial charge is 0.278 e. The third kappa shape index (κ3) is 4.00. The van der Waals surface area contributed by atoms with Crippen molar-refractivity contribution in [2.24, 2.45) is 0 Å². The van der Waals surface area contributed by atoms with Crippen molar-refractivity contribution in [3.8, 4) is 11.5 Å². The molecule has 0 saturated carbocycles. The van der Waals surface area contributed by atoms with Gasteiger partial charge in [0.1, 0.15) is 17.2 Å². The maximum Gasteiger partial charge on any atom is 0.278 e. The van der Waals surface area contributed by atoms with E-state index in [1.54, 1.807) is 50.6 Å². The molecule has 1 aliphatic heterocycles. The second-order valence-corrected chi connectivity index (χ2v) is 6.99. The molecule has 0 saturated heterocycles. The summed E-state index contributed by atoms with van der Waals surface area (Å²) in [7, 11) is 3.14. The number of rotatable bonds is 7. The second kappa shape index (κ2) is 8.75. The Hall–Kier alpha value is -4.06. The first-order valence-electron chi connectivity index (χ1n) is 9.81. The van der Waals surface area contributed by atoms with Gasteiger partial charge in [-0.15, -0.1) is 0 Å². The minimum atomic E-state index is -0.384. The predicted molar refractivity (Wildman–Crippen MR) is 119 cm³/mol. The largest absolute Gasteiger partial charge is 0.497 e. The van der Waals surface area contributed by atoms with Crippen molar-refractivity contribution in [1.29, 1.82) is 0 Å². The summed E-state index contributed by atoms with van der Waals surface area (Å²) in [4.78, 5) is 28.0. The van der Waals surface area contributed by atoms with Gasteiger partial charge in [0, 0.05) is 0 Å². The van der Waals surface area contributed by atoms with E-state index in [1.807, 2.05) is 42.5 Å². The molecule has 0 fully saturated rings. The highest BCUT2D eigenvalue weighted by Gasteiger charge is 2.39. The SMILES string of the molecule is COc1ccc(C2=C(Nc3ccccc3OC)C(=O)N(Cc3ccccc3)C2=O)cc1. The molecule has 1 aliphatic rings.